The third-order valence-corrected chi connectivity index (χ3v) is 1.28. The van der Waals surface area contributed by atoms with Crippen LogP contribution in [-0.4, -0.2) is 17.0 Å². The minimum absolute atomic E-state index is 0.134. The van der Waals surface area contributed by atoms with Crippen LogP contribution in [0, 0.1) is 6.92 Å². The lowest BCUT2D eigenvalue weighted by Gasteiger charge is -1.98. The Morgan fingerprint density at radius 1 is 1.18 bits per heavy atom. The molecular formula is C8H10O3. The van der Waals surface area contributed by atoms with E-state index in [0.29, 0.717) is 5.56 Å². The van der Waals surface area contributed by atoms with E-state index in [0.717, 1.165) is 0 Å². The predicted molar refractivity (Wildman–Crippen MR) is 41.6 cm³/mol. The van der Waals surface area contributed by atoms with Crippen LogP contribution >= 0.6 is 0 Å². The molecule has 1 aromatic rings. The number of aromatic hydroxyl groups is 2. The third kappa shape index (κ3) is 2.29. The molecule has 2 N–H and O–H groups in total. The molecule has 0 heterocycles. The van der Waals surface area contributed by atoms with Crippen LogP contribution in [0.25, 0.3) is 0 Å². The molecule has 0 unspecified atom stereocenters. The maximum atomic E-state index is 8.94. The first-order valence-corrected chi connectivity index (χ1v) is 2.98. The van der Waals surface area contributed by atoms with Crippen molar-refractivity contribution in [3.63, 3.8) is 0 Å². The van der Waals surface area contributed by atoms with E-state index in [1.807, 2.05) is 6.79 Å². The van der Waals surface area contributed by atoms with E-state index < -0.39 is 0 Å². The van der Waals surface area contributed by atoms with Gasteiger partial charge in [-0.25, -0.2) is 0 Å². The van der Waals surface area contributed by atoms with Crippen LogP contribution in [0.1, 0.15) is 5.56 Å². The summed E-state index contributed by atoms with van der Waals surface area (Å²) in [7, 11) is 0. The predicted octanol–water partition coefficient (Wildman–Crippen LogP) is 1.22. The largest absolute Gasteiger partial charge is 0.508 e. The van der Waals surface area contributed by atoms with Gasteiger partial charge >= 0.3 is 0 Å². The molecule has 0 aliphatic carbocycles. The molecule has 0 bridgehead atoms. The van der Waals surface area contributed by atoms with E-state index in [1.54, 1.807) is 13.0 Å². The summed E-state index contributed by atoms with van der Waals surface area (Å²) in [5.41, 5.74) is 0.525. The number of carbonyl (C=O) groups is 1. The highest BCUT2D eigenvalue weighted by Gasteiger charge is 1.97. The fourth-order valence-corrected chi connectivity index (χ4v) is 0.612. The molecule has 3 nitrogen and oxygen atoms in total. The van der Waals surface area contributed by atoms with Crippen LogP contribution in [0.2, 0.25) is 0 Å². The van der Waals surface area contributed by atoms with Crippen molar-refractivity contribution < 1.29 is 15.0 Å². The van der Waals surface area contributed by atoms with Gasteiger partial charge in [0.15, 0.2) is 0 Å². The van der Waals surface area contributed by atoms with Gasteiger partial charge in [-0.05, 0) is 19.1 Å². The summed E-state index contributed by atoms with van der Waals surface area (Å²) < 4.78 is 0. The Labute approximate surface area is 64.9 Å². The van der Waals surface area contributed by atoms with Crippen molar-refractivity contribution in [1.82, 2.24) is 0 Å². The summed E-state index contributed by atoms with van der Waals surface area (Å²) in [4.78, 5) is 8.00. The van der Waals surface area contributed by atoms with Gasteiger partial charge in [-0.2, -0.15) is 0 Å². The van der Waals surface area contributed by atoms with E-state index in [-0.39, 0.29) is 11.5 Å². The van der Waals surface area contributed by atoms with Crippen LogP contribution in [-0.2, 0) is 4.79 Å². The Morgan fingerprint density at radius 3 is 1.82 bits per heavy atom. The molecule has 0 fully saturated rings. The Kier molecular flexibility index (Phi) is 3.73. The van der Waals surface area contributed by atoms with E-state index in [2.05, 4.69) is 0 Å². The van der Waals surface area contributed by atoms with Gasteiger partial charge in [0.1, 0.15) is 18.3 Å². The van der Waals surface area contributed by atoms with Gasteiger partial charge in [0.25, 0.3) is 0 Å². The summed E-state index contributed by atoms with van der Waals surface area (Å²) in [5, 5.41) is 17.9. The lowest BCUT2D eigenvalue weighted by molar-refractivity contribution is -0.0979. The molecular weight excluding hydrogens is 144 g/mol. The monoisotopic (exact) mass is 154 g/mol. The van der Waals surface area contributed by atoms with Gasteiger partial charge in [-0.1, -0.05) is 6.07 Å². The lowest BCUT2D eigenvalue weighted by atomic mass is 10.2. The fraction of sp³-hybridized carbons (Fsp3) is 0.125. The zero-order valence-corrected chi connectivity index (χ0v) is 6.24. The second-order valence-corrected chi connectivity index (χ2v) is 1.92. The summed E-state index contributed by atoms with van der Waals surface area (Å²) in [6.45, 7) is 3.66. The van der Waals surface area contributed by atoms with Crippen molar-refractivity contribution >= 4 is 6.79 Å². The Balaban J connectivity index is 0.000000461. The summed E-state index contributed by atoms with van der Waals surface area (Å²) in [6, 6.07) is 4.67. The number of hydrogen-bond donors (Lipinski definition) is 2. The molecule has 1 aromatic carbocycles. The molecule has 0 aromatic heterocycles. The number of rotatable bonds is 0. The molecule has 0 aliphatic rings. The molecule has 1 rings (SSSR count). The molecule has 60 valence electrons. The summed E-state index contributed by atoms with van der Waals surface area (Å²) >= 11 is 0. The Bertz CT molecular complexity index is 213. The summed E-state index contributed by atoms with van der Waals surface area (Å²) in [6.07, 6.45) is 0. The molecule has 0 aliphatic heterocycles. The second kappa shape index (κ2) is 4.33. The first kappa shape index (κ1) is 9.49. The van der Waals surface area contributed by atoms with E-state index in [1.165, 1.54) is 12.1 Å². The Hall–Kier alpha value is -1.51. The standard InChI is InChI=1S/C7H8O2.CH2O/c1-5-6(8)3-2-4-7(5)9;1-2/h2-4,8-9H,1H3;1H2. The van der Waals surface area contributed by atoms with Crippen molar-refractivity contribution in [2.24, 2.45) is 0 Å². The number of carbonyl (C=O) groups excluding carboxylic acids is 1. The third-order valence-electron chi connectivity index (χ3n) is 1.28. The fourth-order valence-electron chi connectivity index (χ4n) is 0.612. The minimum atomic E-state index is 0.134. The van der Waals surface area contributed by atoms with E-state index >= 15 is 0 Å². The van der Waals surface area contributed by atoms with Gasteiger partial charge < -0.3 is 15.0 Å². The SMILES string of the molecule is C=O.Cc1c(O)cccc1O. The average Bonchev–Trinajstić information content (AvgIpc) is 2.04. The Morgan fingerprint density at radius 2 is 1.55 bits per heavy atom. The topological polar surface area (TPSA) is 57.5 Å². The molecule has 0 amide bonds. The maximum Gasteiger partial charge on any atom is 0.122 e. The molecule has 0 saturated carbocycles. The molecule has 0 atom stereocenters. The lowest BCUT2D eigenvalue weighted by Crippen LogP contribution is -1.73. The van der Waals surface area contributed by atoms with Crippen molar-refractivity contribution in [3.05, 3.63) is 23.8 Å². The normalized spacial score (nSPS) is 8.09. The molecule has 3 heteroatoms. The number of hydrogen-bond acceptors (Lipinski definition) is 3. The minimum Gasteiger partial charge on any atom is -0.508 e. The van der Waals surface area contributed by atoms with Crippen LogP contribution in [0.5, 0.6) is 11.5 Å². The van der Waals surface area contributed by atoms with Crippen molar-refractivity contribution in [1.29, 1.82) is 0 Å². The zero-order chi connectivity index (χ0) is 8.85. The zero-order valence-electron chi connectivity index (χ0n) is 6.24. The second-order valence-electron chi connectivity index (χ2n) is 1.92. The van der Waals surface area contributed by atoms with Crippen molar-refractivity contribution in [2.75, 3.05) is 0 Å². The summed E-state index contributed by atoms with van der Waals surface area (Å²) in [5.74, 6) is 0.269. The number of phenols is 2. The van der Waals surface area contributed by atoms with Gasteiger partial charge in [-0.3, -0.25) is 0 Å². The van der Waals surface area contributed by atoms with Gasteiger partial charge in [0.2, 0.25) is 0 Å². The van der Waals surface area contributed by atoms with Gasteiger partial charge in [0.05, 0.1) is 0 Å². The van der Waals surface area contributed by atoms with E-state index in [4.69, 9.17) is 15.0 Å². The molecule has 0 saturated heterocycles. The first-order valence-electron chi connectivity index (χ1n) is 2.98. The highest BCUT2D eigenvalue weighted by atomic mass is 16.3. The number of benzene rings is 1. The smallest absolute Gasteiger partial charge is 0.122 e. The number of phenolic OH excluding ortho intramolecular Hbond substituents is 2. The maximum absolute atomic E-state index is 8.94. The van der Waals surface area contributed by atoms with E-state index in [9.17, 15) is 0 Å². The van der Waals surface area contributed by atoms with Gasteiger partial charge in [-0.15, -0.1) is 0 Å². The van der Waals surface area contributed by atoms with Gasteiger partial charge in [0, 0.05) is 5.56 Å². The molecule has 11 heavy (non-hydrogen) atoms. The first-order chi connectivity index (χ1) is 5.22. The highest BCUT2D eigenvalue weighted by Crippen LogP contribution is 2.23. The van der Waals surface area contributed by atoms with Crippen LogP contribution in [0.4, 0.5) is 0 Å². The van der Waals surface area contributed by atoms with Crippen LogP contribution in [0.3, 0.4) is 0 Å². The van der Waals surface area contributed by atoms with Crippen molar-refractivity contribution in [3.8, 4) is 11.5 Å². The highest BCUT2D eigenvalue weighted by molar-refractivity contribution is 5.41. The van der Waals surface area contributed by atoms with Crippen LogP contribution in [0.15, 0.2) is 18.2 Å². The quantitative estimate of drug-likeness (QED) is 0.590. The average molecular weight is 154 g/mol. The molecule has 0 radical (unpaired) electrons. The molecule has 0 spiro atoms. The van der Waals surface area contributed by atoms with Crippen LogP contribution < -0.4 is 0 Å². The van der Waals surface area contributed by atoms with Crippen molar-refractivity contribution in [2.45, 2.75) is 6.92 Å².